The fourth-order valence-electron chi connectivity index (χ4n) is 1.63. The smallest absolute Gasteiger partial charge is 0.270 e. The monoisotopic (exact) mass is 209 g/mol. The minimum absolute atomic E-state index is 0.143. The van der Waals surface area contributed by atoms with Crippen molar-refractivity contribution in [2.45, 2.75) is 26.7 Å². The fraction of sp³-hybridized carbons (Fsp3) is 0.455. The third-order valence-corrected chi connectivity index (χ3v) is 2.40. The van der Waals surface area contributed by atoms with E-state index in [-0.39, 0.29) is 10.6 Å². The van der Waals surface area contributed by atoms with E-state index in [0.29, 0.717) is 0 Å². The van der Waals surface area contributed by atoms with Crippen LogP contribution in [0.3, 0.4) is 0 Å². The standard InChI is InChI=1S/C11H15NO3/c1-4-8-6-10(12(13)14)7-9(5-2)11(8)15-3/h6-7H,4-5H2,1-3H3. The van der Waals surface area contributed by atoms with E-state index >= 15 is 0 Å². The molecular formula is C11H15NO3. The molecule has 0 aliphatic carbocycles. The van der Waals surface area contributed by atoms with Crippen molar-refractivity contribution in [1.29, 1.82) is 0 Å². The van der Waals surface area contributed by atoms with E-state index in [1.54, 1.807) is 19.2 Å². The molecule has 1 aromatic carbocycles. The van der Waals surface area contributed by atoms with Gasteiger partial charge >= 0.3 is 0 Å². The molecular weight excluding hydrogens is 194 g/mol. The zero-order valence-corrected chi connectivity index (χ0v) is 9.24. The number of methoxy groups -OCH3 is 1. The zero-order valence-electron chi connectivity index (χ0n) is 9.24. The van der Waals surface area contributed by atoms with Gasteiger partial charge in [0, 0.05) is 23.3 Å². The number of benzene rings is 1. The number of rotatable bonds is 4. The third-order valence-electron chi connectivity index (χ3n) is 2.40. The van der Waals surface area contributed by atoms with Gasteiger partial charge in [0.05, 0.1) is 12.0 Å². The van der Waals surface area contributed by atoms with Crippen LogP contribution in [0.2, 0.25) is 0 Å². The minimum atomic E-state index is -0.363. The third kappa shape index (κ3) is 2.26. The molecule has 0 bridgehead atoms. The Morgan fingerprint density at radius 3 is 2.00 bits per heavy atom. The number of nitro groups is 1. The topological polar surface area (TPSA) is 52.4 Å². The first-order valence-corrected chi connectivity index (χ1v) is 4.98. The van der Waals surface area contributed by atoms with Crippen LogP contribution in [0.4, 0.5) is 5.69 Å². The molecule has 0 heterocycles. The second-order valence-corrected chi connectivity index (χ2v) is 3.26. The van der Waals surface area contributed by atoms with Gasteiger partial charge < -0.3 is 4.74 Å². The Morgan fingerprint density at radius 1 is 1.27 bits per heavy atom. The first-order chi connectivity index (χ1) is 7.13. The van der Waals surface area contributed by atoms with Gasteiger partial charge in [-0.3, -0.25) is 10.1 Å². The van der Waals surface area contributed by atoms with Crippen LogP contribution in [-0.4, -0.2) is 12.0 Å². The van der Waals surface area contributed by atoms with E-state index in [1.807, 2.05) is 13.8 Å². The van der Waals surface area contributed by atoms with Gasteiger partial charge in [0.15, 0.2) is 0 Å². The normalized spacial score (nSPS) is 10.1. The van der Waals surface area contributed by atoms with Crippen LogP contribution in [0.15, 0.2) is 12.1 Å². The maximum atomic E-state index is 10.7. The number of hydrogen-bond donors (Lipinski definition) is 0. The lowest BCUT2D eigenvalue weighted by molar-refractivity contribution is -0.385. The van der Waals surface area contributed by atoms with Crippen molar-refractivity contribution >= 4 is 5.69 Å². The van der Waals surface area contributed by atoms with E-state index in [4.69, 9.17) is 4.74 Å². The summed E-state index contributed by atoms with van der Waals surface area (Å²) in [6.45, 7) is 3.92. The summed E-state index contributed by atoms with van der Waals surface area (Å²) < 4.78 is 5.27. The molecule has 0 unspecified atom stereocenters. The highest BCUT2D eigenvalue weighted by molar-refractivity contribution is 5.50. The number of nitrogens with zero attached hydrogens (tertiary/aromatic N) is 1. The molecule has 0 radical (unpaired) electrons. The number of nitro benzene ring substituents is 1. The number of ether oxygens (including phenoxy) is 1. The maximum absolute atomic E-state index is 10.7. The van der Waals surface area contributed by atoms with Crippen LogP contribution >= 0.6 is 0 Å². The Bertz CT molecular complexity index is 349. The Morgan fingerprint density at radius 2 is 1.73 bits per heavy atom. The van der Waals surface area contributed by atoms with Gasteiger partial charge in [0.2, 0.25) is 0 Å². The number of non-ortho nitro benzene ring substituents is 1. The van der Waals surface area contributed by atoms with Crippen LogP contribution in [0.1, 0.15) is 25.0 Å². The van der Waals surface area contributed by atoms with E-state index in [1.165, 1.54) is 0 Å². The van der Waals surface area contributed by atoms with Crippen molar-refractivity contribution in [3.05, 3.63) is 33.4 Å². The molecule has 4 nitrogen and oxygen atoms in total. The Labute approximate surface area is 89.0 Å². The van der Waals surface area contributed by atoms with Crippen molar-refractivity contribution in [2.75, 3.05) is 7.11 Å². The van der Waals surface area contributed by atoms with Crippen molar-refractivity contribution in [2.24, 2.45) is 0 Å². The lowest BCUT2D eigenvalue weighted by atomic mass is 10.0. The first kappa shape index (κ1) is 11.5. The number of aryl methyl sites for hydroxylation is 2. The van der Waals surface area contributed by atoms with E-state index in [2.05, 4.69) is 0 Å². The van der Waals surface area contributed by atoms with Crippen molar-refractivity contribution in [3.8, 4) is 5.75 Å². The second-order valence-electron chi connectivity index (χ2n) is 3.26. The minimum Gasteiger partial charge on any atom is -0.496 e. The van der Waals surface area contributed by atoms with Crippen LogP contribution < -0.4 is 4.74 Å². The molecule has 82 valence electrons. The average molecular weight is 209 g/mol. The fourth-order valence-corrected chi connectivity index (χ4v) is 1.63. The van der Waals surface area contributed by atoms with E-state index in [9.17, 15) is 10.1 Å². The SMILES string of the molecule is CCc1cc([N+](=O)[O-])cc(CC)c1OC. The number of hydrogen-bond acceptors (Lipinski definition) is 3. The highest BCUT2D eigenvalue weighted by Crippen LogP contribution is 2.29. The maximum Gasteiger partial charge on any atom is 0.270 e. The largest absolute Gasteiger partial charge is 0.496 e. The predicted molar refractivity (Wildman–Crippen MR) is 58.4 cm³/mol. The molecule has 0 spiro atoms. The first-order valence-electron chi connectivity index (χ1n) is 4.98. The molecule has 0 aliphatic heterocycles. The molecule has 0 N–H and O–H groups in total. The van der Waals surface area contributed by atoms with Crippen LogP contribution in [0.5, 0.6) is 5.75 Å². The van der Waals surface area contributed by atoms with Crippen LogP contribution in [0, 0.1) is 10.1 Å². The summed E-state index contributed by atoms with van der Waals surface area (Å²) in [7, 11) is 1.60. The van der Waals surface area contributed by atoms with Gasteiger partial charge in [-0.1, -0.05) is 13.8 Å². The summed E-state index contributed by atoms with van der Waals surface area (Å²) in [6, 6.07) is 3.16. The predicted octanol–water partition coefficient (Wildman–Crippen LogP) is 2.73. The zero-order chi connectivity index (χ0) is 11.4. The van der Waals surface area contributed by atoms with Crippen molar-refractivity contribution in [3.63, 3.8) is 0 Å². The summed E-state index contributed by atoms with van der Waals surface area (Å²) in [5.41, 5.74) is 1.93. The van der Waals surface area contributed by atoms with Gasteiger partial charge in [-0.2, -0.15) is 0 Å². The summed E-state index contributed by atoms with van der Waals surface area (Å²) in [6.07, 6.45) is 1.47. The summed E-state index contributed by atoms with van der Waals surface area (Å²) in [5.74, 6) is 0.783. The molecule has 0 aromatic heterocycles. The Kier molecular flexibility index (Phi) is 3.66. The molecule has 0 aliphatic rings. The highest BCUT2D eigenvalue weighted by Gasteiger charge is 2.14. The quantitative estimate of drug-likeness (QED) is 0.566. The Balaban J connectivity index is 3.35. The molecule has 1 aromatic rings. The van der Waals surface area contributed by atoms with Gasteiger partial charge in [0.1, 0.15) is 5.75 Å². The molecule has 0 fully saturated rings. The van der Waals surface area contributed by atoms with Crippen LogP contribution in [-0.2, 0) is 12.8 Å². The molecule has 0 amide bonds. The van der Waals surface area contributed by atoms with Crippen LogP contribution in [0.25, 0.3) is 0 Å². The highest BCUT2D eigenvalue weighted by atomic mass is 16.6. The molecule has 1 rings (SSSR count). The van der Waals surface area contributed by atoms with E-state index < -0.39 is 0 Å². The van der Waals surface area contributed by atoms with E-state index in [0.717, 1.165) is 29.7 Å². The van der Waals surface area contributed by atoms with Crippen molar-refractivity contribution in [1.82, 2.24) is 0 Å². The van der Waals surface area contributed by atoms with Gasteiger partial charge in [-0.25, -0.2) is 0 Å². The lowest BCUT2D eigenvalue weighted by Gasteiger charge is -2.11. The molecule has 0 saturated heterocycles. The molecule has 0 atom stereocenters. The molecule has 0 saturated carbocycles. The van der Waals surface area contributed by atoms with Gasteiger partial charge in [-0.05, 0) is 12.8 Å². The average Bonchev–Trinajstić information content (AvgIpc) is 2.26. The van der Waals surface area contributed by atoms with Gasteiger partial charge in [-0.15, -0.1) is 0 Å². The molecule has 4 heteroatoms. The Hall–Kier alpha value is -1.58. The molecule has 15 heavy (non-hydrogen) atoms. The van der Waals surface area contributed by atoms with Gasteiger partial charge in [0.25, 0.3) is 5.69 Å². The second kappa shape index (κ2) is 4.77. The lowest BCUT2D eigenvalue weighted by Crippen LogP contribution is -1.99. The summed E-state index contributed by atoms with van der Waals surface area (Å²) in [4.78, 5) is 10.3. The summed E-state index contributed by atoms with van der Waals surface area (Å²) >= 11 is 0. The summed E-state index contributed by atoms with van der Waals surface area (Å²) in [5, 5.41) is 10.7. The van der Waals surface area contributed by atoms with Crippen molar-refractivity contribution < 1.29 is 9.66 Å².